The molecule has 0 aliphatic rings. The van der Waals surface area contributed by atoms with Crippen molar-refractivity contribution in [1.29, 1.82) is 0 Å². The minimum atomic E-state index is 0.247. The van der Waals surface area contributed by atoms with Gasteiger partial charge in [-0.25, -0.2) is 9.97 Å². The van der Waals surface area contributed by atoms with Gasteiger partial charge in [0.05, 0.1) is 5.69 Å². The lowest BCUT2D eigenvalue weighted by atomic mass is 10.2. The first-order chi connectivity index (χ1) is 13.3. The van der Waals surface area contributed by atoms with Crippen LogP contribution in [-0.4, -0.2) is 25.0 Å². The summed E-state index contributed by atoms with van der Waals surface area (Å²) >= 11 is 0. The molecule has 0 amide bonds. The second kappa shape index (κ2) is 7.61. The summed E-state index contributed by atoms with van der Waals surface area (Å²) in [6.45, 7) is 0.442. The van der Waals surface area contributed by atoms with Crippen molar-refractivity contribution in [3.05, 3.63) is 84.8 Å². The fourth-order valence-electron chi connectivity index (χ4n) is 2.66. The summed E-state index contributed by atoms with van der Waals surface area (Å²) in [4.78, 5) is 17.7. The number of para-hydroxylation sites is 1. The Labute approximate surface area is 156 Å². The van der Waals surface area contributed by atoms with Gasteiger partial charge in [-0.1, -0.05) is 24.3 Å². The Morgan fingerprint density at radius 3 is 2.52 bits per heavy atom. The van der Waals surface area contributed by atoms with E-state index in [9.17, 15) is 5.11 Å². The van der Waals surface area contributed by atoms with E-state index in [1.807, 2.05) is 48.5 Å². The maximum atomic E-state index is 9.96. The topological polar surface area (TPSA) is 83.8 Å². The van der Waals surface area contributed by atoms with Crippen LogP contribution < -0.4 is 5.32 Å². The molecule has 132 valence electrons. The minimum Gasteiger partial charge on any atom is -0.508 e. The molecule has 0 aliphatic heterocycles. The maximum Gasteiger partial charge on any atom is 0.180 e. The molecule has 3 aromatic heterocycles. The lowest BCUT2D eigenvalue weighted by Crippen LogP contribution is -2.04. The van der Waals surface area contributed by atoms with E-state index in [4.69, 9.17) is 0 Å². The van der Waals surface area contributed by atoms with Crippen molar-refractivity contribution < 1.29 is 5.11 Å². The molecular weight excluding hydrogens is 338 g/mol. The third kappa shape index (κ3) is 3.90. The molecule has 0 saturated carbocycles. The van der Waals surface area contributed by atoms with Crippen LogP contribution in [0.1, 0.15) is 5.56 Å². The number of anilines is 1. The summed E-state index contributed by atoms with van der Waals surface area (Å²) in [6, 6.07) is 18.5. The summed E-state index contributed by atoms with van der Waals surface area (Å²) in [7, 11) is 0. The van der Waals surface area contributed by atoms with Gasteiger partial charge >= 0.3 is 0 Å². The van der Waals surface area contributed by atoms with Crippen molar-refractivity contribution in [3.63, 3.8) is 0 Å². The average molecular weight is 355 g/mol. The van der Waals surface area contributed by atoms with Crippen molar-refractivity contribution in [2.45, 2.75) is 6.54 Å². The predicted octanol–water partition coefficient (Wildman–Crippen LogP) is 3.92. The zero-order valence-electron chi connectivity index (χ0n) is 14.4. The van der Waals surface area contributed by atoms with Crippen molar-refractivity contribution in [2.75, 3.05) is 5.32 Å². The highest BCUT2D eigenvalue weighted by molar-refractivity contribution is 5.65. The number of aromatic nitrogens is 4. The zero-order chi connectivity index (χ0) is 18.5. The van der Waals surface area contributed by atoms with Crippen LogP contribution in [0.25, 0.3) is 22.8 Å². The Bertz CT molecular complexity index is 981. The van der Waals surface area contributed by atoms with Gasteiger partial charge in [0.1, 0.15) is 17.3 Å². The molecule has 0 saturated heterocycles. The molecule has 3 heterocycles. The average Bonchev–Trinajstić information content (AvgIpc) is 2.74. The van der Waals surface area contributed by atoms with E-state index in [0.717, 1.165) is 16.8 Å². The quantitative estimate of drug-likeness (QED) is 0.564. The Hall–Kier alpha value is -3.80. The molecule has 6 heteroatoms. The van der Waals surface area contributed by atoms with Gasteiger partial charge < -0.3 is 10.4 Å². The lowest BCUT2D eigenvalue weighted by Gasteiger charge is -2.11. The number of hydrogen-bond donors (Lipinski definition) is 2. The lowest BCUT2D eigenvalue weighted by molar-refractivity contribution is 0.469. The van der Waals surface area contributed by atoms with E-state index < -0.39 is 0 Å². The van der Waals surface area contributed by atoms with Crippen LogP contribution in [0, 0.1) is 0 Å². The molecule has 4 rings (SSSR count). The number of benzene rings is 1. The number of aromatic hydroxyl groups is 1. The van der Waals surface area contributed by atoms with Gasteiger partial charge in [-0.15, -0.1) is 0 Å². The van der Waals surface area contributed by atoms with Crippen LogP contribution in [0.15, 0.2) is 79.3 Å². The fourth-order valence-corrected chi connectivity index (χ4v) is 2.66. The molecule has 0 bridgehead atoms. The minimum absolute atomic E-state index is 0.247. The van der Waals surface area contributed by atoms with Gasteiger partial charge in [0, 0.05) is 42.3 Å². The van der Waals surface area contributed by atoms with Crippen LogP contribution in [-0.2, 0) is 6.54 Å². The van der Waals surface area contributed by atoms with Crippen LogP contribution in [0.5, 0.6) is 5.75 Å². The third-order valence-corrected chi connectivity index (χ3v) is 4.03. The fraction of sp³-hybridized carbons (Fsp3) is 0.0476. The number of nitrogens with one attached hydrogen (secondary N) is 1. The summed E-state index contributed by atoms with van der Waals surface area (Å²) < 4.78 is 0. The molecule has 0 atom stereocenters. The highest BCUT2D eigenvalue weighted by Gasteiger charge is 2.10. The van der Waals surface area contributed by atoms with Crippen molar-refractivity contribution in [1.82, 2.24) is 19.9 Å². The molecule has 0 aliphatic carbocycles. The van der Waals surface area contributed by atoms with Crippen LogP contribution in [0.4, 0.5) is 5.82 Å². The highest BCUT2D eigenvalue weighted by Crippen LogP contribution is 2.24. The largest absolute Gasteiger partial charge is 0.508 e. The zero-order valence-corrected chi connectivity index (χ0v) is 14.4. The standard InChI is InChI=1S/C21H17N5O/c27-19-9-2-1-6-16(19)14-24-20-12-18(15-7-5-10-22-13-15)25-21(26-20)17-8-3-4-11-23-17/h1-13,27H,14H2,(H,24,25,26). The molecule has 6 nitrogen and oxygen atoms in total. The number of phenolic OH excluding ortho intramolecular Hbond substituents is 1. The molecule has 0 spiro atoms. The smallest absolute Gasteiger partial charge is 0.180 e. The van der Waals surface area contributed by atoms with E-state index >= 15 is 0 Å². The summed E-state index contributed by atoms with van der Waals surface area (Å²) in [5, 5.41) is 13.2. The molecule has 0 fully saturated rings. The van der Waals surface area contributed by atoms with E-state index in [0.29, 0.717) is 23.9 Å². The molecule has 27 heavy (non-hydrogen) atoms. The maximum absolute atomic E-state index is 9.96. The summed E-state index contributed by atoms with van der Waals surface area (Å²) in [6.07, 6.45) is 5.20. The van der Waals surface area contributed by atoms with Crippen molar-refractivity contribution in [3.8, 4) is 28.5 Å². The van der Waals surface area contributed by atoms with E-state index in [1.165, 1.54) is 0 Å². The Kier molecular flexibility index (Phi) is 4.70. The van der Waals surface area contributed by atoms with Gasteiger partial charge in [0.15, 0.2) is 5.82 Å². The Balaban J connectivity index is 1.71. The van der Waals surface area contributed by atoms with Crippen molar-refractivity contribution >= 4 is 5.82 Å². The highest BCUT2D eigenvalue weighted by atomic mass is 16.3. The summed E-state index contributed by atoms with van der Waals surface area (Å²) in [5.41, 5.74) is 3.12. The van der Waals surface area contributed by atoms with Crippen LogP contribution in [0.2, 0.25) is 0 Å². The molecule has 0 unspecified atom stereocenters. The van der Waals surface area contributed by atoms with Gasteiger partial charge in [0.25, 0.3) is 0 Å². The van der Waals surface area contributed by atoms with E-state index in [2.05, 4.69) is 25.3 Å². The van der Waals surface area contributed by atoms with Crippen LogP contribution >= 0.6 is 0 Å². The number of phenols is 1. The van der Waals surface area contributed by atoms with Gasteiger partial charge in [-0.2, -0.15) is 0 Å². The van der Waals surface area contributed by atoms with Gasteiger partial charge in [-0.3, -0.25) is 9.97 Å². The Morgan fingerprint density at radius 2 is 1.74 bits per heavy atom. The number of hydrogen-bond acceptors (Lipinski definition) is 6. The molecule has 1 aromatic carbocycles. The molecule has 4 aromatic rings. The van der Waals surface area contributed by atoms with Crippen molar-refractivity contribution in [2.24, 2.45) is 0 Å². The molecule has 2 N–H and O–H groups in total. The second-order valence-electron chi connectivity index (χ2n) is 5.90. The normalized spacial score (nSPS) is 10.5. The van der Waals surface area contributed by atoms with Gasteiger partial charge in [0.2, 0.25) is 0 Å². The first-order valence-corrected chi connectivity index (χ1v) is 8.51. The third-order valence-electron chi connectivity index (χ3n) is 4.03. The number of pyridine rings is 2. The van der Waals surface area contributed by atoms with E-state index in [1.54, 1.807) is 30.7 Å². The first kappa shape index (κ1) is 16.7. The Morgan fingerprint density at radius 1 is 0.852 bits per heavy atom. The molecule has 0 radical (unpaired) electrons. The SMILES string of the molecule is Oc1ccccc1CNc1cc(-c2cccnc2)nc(-c2ccccn2)n1. The summed E-state index contributed by atoms with van der Waals surface area (Å²) in [5.74, 6) is 1.42. The van der Waals surface area contributed by atoms with Crippen LogP contribution in [0.3, 0.4) is 0 Å². The number of rotatable bonds is 5. The second-order valence-corrected chi connectivity index (χ2v) is 5.90. The van der Waals surface area contributed by atoms with E-state index in [-0.39, 0.29) is 5.75 Å². The molecular formula is C21H17N5O. The first-order valence-electron chi connectivity index (χ1n) is 8.51. The number of nitrogens with zero attached hydrogens (tertiary/aromatic N) is 4. The predicted molar refractivity (Wildman–Crippen MR) is 104 cm³/mol. The van der Waals surface area contributed by atoms with Gasteiger partial charge in [-0.05, 0) is 30.3 Å². The monoisotopic (exact) mass is 355 g/mol.